The third kappa shape index (κ3) is 3.29. The molecule has 1 aromatic carbocycles. The Kier molecular flexibility index (Phi) is 5.70. The standard InChI is InChI=1S/C15H23Cl2N3/c1-3-19-7-8-20(11(2)10-19)14(9-18)15-12(16)5-4-6-13(15)17/h4-6,11,14H,3,7-10,18H2,1-2H3. The number of piperazine rings is 1. The van der Waals surface area contributed by atoms with Gasteiger partial charge in [0.15, 0.2) is 0 Å². The average molecular weight is 316 g/mol. The molecule has 112 valence electrons. The highest BCUT2D eigenvalue weighted by Crippen LogP contribution is 2.34. The number of halogens is 2. The molecule has 1 aliphatic heterocycles. The second-order valence-electron chi connectivity index (χ2n) is 5.37. The van der Waals surface area contributed by atoms with Gasteiger partial charge in [0, 0.05) is 47.8 Å². The molecule has 3 nitrogen and oxygen atoms in total. The molecule has 0 spiro atoms. The first-order valence-electron chi connectivity index (χ1n) is 7.20. The Morgan fingerprint density at radius 3 is 2.45 bits per heavy atom. The van der Waals surface area contributed by atoms with Crippen LogP contribution >= 0.6 is 23.2 Å². The molecule has 20 heavy (non-hydrogen) atoms. The van der Waals surface area contributed by atoms with E-state index in [9.17, 15) is 0 Å². The molecule has 0 bridgehead atoms. The molecule has 1 saturated heterocycles. The molecule has 0 radical (unpaired) electrons. The lowest BCUT2D eigenvalue weighted by Crippen LogP contribution is -2.54. The van der Waals surface area contributed by atoms with Crippen molar-refractivity contribution in [2.24, 2.45) is 5.73 Å². The predicted octanol–water partition coefficient (Wildman–Crippen LogP) is 3.02. The quantitative estimate of drug-likeness (QED) is 0.927. The van der Waals surface area contributed by atoms with E-state index in [4.69, 9.17) is 28.9 Å². The van der Waals surface area contributed by atoms with Crippen LogP contribution in [0.1, 0.15) is 25.5 Å². The summed E-state index contributed by atoms with van der Waals surface area (Å²) in [6.07, 6.45) is 0. The van der Waals surface area contributed by atoms with E-state index in [1.165, 1.54) is 0 Å². The summed E-state index contributed by atoms with van der Waals surface area (Å²) in [6.45, 7) is 9.20. The number of rotatable bonds is 4. The Hall–Kier alpha value is -0.320. The lowest BCUT2D eigenvalue weighted by Gasteiger charge is -2.44. The van der Waals surface area contributed by atoms with Gasteiger partial charge in [0.2, 0.25) is 0 Å². The first-order valence-corrected chi connectivity index (χ1v) is 7.96. The van der Waals surface area contributed by atoms with E-state index in [0.29, 0.717) is 22.6 Å². The highest BCUT2D eigenvalue weighted by molar-refractivity contribution is 6.36. The van der Waals surface area contributed by atoms with Crippen molar-refractivity contribution in [1.29, 1.82) is 0 Å². The van der Waals surface area contributed by atoms with Crippen molar-refractivity contribution in [1.82, 2.24) is 9.80 Å². The van der Waals surface area contributed by atoms with Gasteiger partial charge in [-0.25, -0.2) is 0 Å². The highest BCUT2D eigenvalue weighted by Gasteiger charge is 2.31. The van der Waals surface area contributed by atoms with E-state index < -0.39 is 0 Å². The first kappa shape index (κ1) is 16.1. The zero-order chi connectivity index (χ0) is 14.7. The Morgan fingerprint density at radius 1 is 1.30 bits per heavy atom. The van der Waals surface area contributed by atoms with Gasteiger partial charge in [-0.3, -0.25) is 4.90 Å². The molecular formula is C15H23Cl2N3. The fourth-order valence-corrected chi connectivity index (χ4v) is 3.69. The van der Waals surface area contributed by atoms with Gasteiger partial charge in [-0.1, -0.05) is 36.2 Å². The van der Waals surface area contributed by atoms with Crippen LogP contribution in [0.5, 0.6) is 0 Å². The van der Waals surface area contributed by atoms with Gasteiger partial charge in [0.25, 0.3) is 0 Å². The SMILES string of the molecule is CCN1CCN(C(CN)c2c(Cl)cccc2Cl)C(C)C1. The van der Waals surface area contributed by atoms with Crippen LogP contribution < -0.4 is 5.73 Å². The van der Waals surface area contributed by atoms with Gasteiger partial charge < -0.3 is 10.6 Å². The summed E-state index contributed by atoms with van der Waals surface area (Å²) < 4.78 is 0. The van der Waals surface area contributed by atoms with Crippen molar-refractivity contribution in [3.05, 3.63) is 33.8 Å². The van der Waals surface area contributed by atoms with Gasteiger partial charge in [-0.15, -0.1) is 0 Å². The Morgan fingerprint density at radius 2 is 1.95 bits per heavy atom. The zero-order valence-electron chi connectivity index (χ0n) is 12.1. The summed E-state index contributed by atoms with van der Waals surface area (Å²) in [5.74, 6) is 0. The molecule has 2 atom stereocenters. The largest absolute Gasteiger partial charge is 0.329 e. The van der Waals surface area contributed by atoms with Crippen molar-refractivity contribution in [3.8, 4) is 0 Å². The van der Waals surface area contributed by atoms with E-state index >= 15 is 0 Å². The summed E-state index contributed by atoms with van der Waals surface area (Å²) in [6, 6.07) is 6.19. The van der Waals surface area contributed by atoms with Gasteiger partial charge in [-0.05, 0) is 25.6 Å². The van der Waals surface area contributed by atoms with Gasteiger partial charge in [-0.2, -0.15) is 0 Å². The molecule has 1 aliphatic rings. The fraction of sp³-hybridized carbons (Fsp3) is 0.600. The van der Waals surface area contributed by atoms with E-state index in [1.54, 1.807) is 0 Å². The second kappa shape index (κ2) is 7.10. The molecule has 0 saturated carbocycles. The van der Waals surface area contributed by atoms with Crippen molar-refractivity contribution in [3.63, 3.8) is 0 Å². The zero-order valence-corrected chi connectivity index (χ0v) is 13.7. The summed E-state index contributed by atoms with van der Waals surface area (Å²) >= 11 is 12.7. The van der Waals surface area contributed by atoms with Crippen LogP contribution in [0.25, 0.3) is 0 Å². The Labute approximate surface area is 131 Å². The third-order valence-corrected chi connectivity index (χ3v) is 4.83. The van der Waals surface area contributed by atoms with Gasteiger partial charge in [0.05, 0.1) is 6.04 Å². The van der Waals surface area contributed by atoms with Gasteiger partial charge >= 0.3 is 0 Å². The number of benzene rings is 1. The van der Waals surface area contributed by atoms with E-state index in [1.807, 2.05) is 18.2 Å². The number of hydrogen-bond acceptors (Lipinski definition) is 3. The van der Waals surface area contributed by atoms with Crippen molar-refractivity contribution in [2.75, 3.05) is 32.7 Å². The van der Waals surface area contributed by atoms with Crippen LogP contribution in [0.3, 0.4) is 0 Å². The predicted molar refractivity (Wildman–Crippen MR) is 86.5 cm³/mol. The molecular weight excluding hydrogens is 293 g/mol. The molecule has 2 rings (SSSR count). The van der Waals surface area contributed by atoms with Crippen LogP contribution in [0.4, 0.5) is 0 Å². The summed E-state index contributed by atoms with van der Waals surface area (Å²) in [7, 11) is 0. The fourth-order valence-electron chi connectivity index (χ4n) is 3.05. The van der Waals surface area contributed by atoms with Crippen molar-refractivity contribution in [2.45, 2.75) is 25.9 Å². The number of hydrogen-bond donors (Lipinski definition) is 1. The third-order valence-electron chi connectivity index (χ3n) is 4.17. The lowest BCUT2D eigenvalue weighted by atomic mass is 10.0. The first-order chi connectivity index (χ1) is 9.58. The number of nitrogens with two attached hydrogens (primary N) is 1. The smallest absolute Gasteiger partial charge is 0.0503 e. The van der Waals surface area contributed by atoms with Crippen LogP contribution in [-0.2, 0) is 0 Å². The maximum absolute atomic E-state index is 6.35. The molecule has 1 aromatic rings. The second-order valence-corrected chi connectivity index (χ2v) is 6.18. The summed E-state index contributed by atoms with van der Waals surface area (Å²) in [5, 5.41) is 1.41. The maximum Gasteiger partial charge on any atom is 0.0503 e. The summed E-state index contributed by atoms with van der Waals surface area (Å²) in [5.41, 5.74) is 7.00. The number of nitrogens with zero attached hydrogens (tertiary/aromatic N) is 2. The minimum atomic E-state index is 0.0882. The topological polar surface area (TPSA) is 32.5 Å². The van der Waals surface area contributed by atoms with Crippen LogP contribution in [0.2, 0.25) is 10.0 Å². The van der Waals surface area contributed by atoms with E-state index in [2.05, 4.69) is 23.6 Å². The van der Waals surface area contributed by atoms with E-state index in [-0.39, 0.29) is 6.04 Å². The van der Waals surface area contributed by atoms with Crippen LogP contribution in [0.15, 0.2) is 18.2 Å². The summed E-state index contributed by atoms with van der Waals surface area (Å²) in [4.78, 5) is 4.89. The van der Waals surface area contributed by atoms with Crippen molar-refractivity contribution < 1.29 is 0 Å². The molecule has 0 aromatic heterocycles. The number of likely N-dealkylation sites (N-methyl/N-ethyl adjacent to an activating group) is 1. The molecule has 5 heteroatoms. The monoisotopic (exact) mass is 315 g/mol. The van der Waals surface area contributed by atoms with Crippen LogP contribution in [0, 0.1) is 0 Å². The average Bonchev–Trinajstić information content (AvgIpc) is 2.43. The Balaban J connectivity index is 2.24. The molecule has 2 N–H and O–H groups in total. The molecule has 1 fully saturated rings. The minimum absolute atomic E-state index is 0.0882. The lowest BCUT2D eigenvalue weighted by molar-refractivity contribution is 0.0537. The highest BCUT2D eigenvalue weighted by atomic mass is 35.5. The molecule has 0 aliphatic carbocycles. The van der Waals surface area contributed by atoms with E-state index in [0.717, 1.165) is 31.7 Å². The molecule has 1 heterocycles. The minimum Gasteiger partial charge on any atom is -0.329 e. The Bertz CT molecular complexity index is 432. The van der Waals surface area contributed by atoms with Crippen molar-refractivity contribution >= 4 is 23.2 Å². The normalized spacial score (nSPS) is 22.9. The molecule has 2 unspecified atom stereocenters. The molecule has 0 amide bonds. The maximum atomic E-state index is 6.35. The van der Waals surface area contributed by atoms with Crippen LogP contribution in [-0.4, -0.2) is 48.6 Å². The van der Waals surface area contributed by atoms with Gasteiger partial charge in [0.1, 0.15) is 0 Å².